The molecule has 2 bridgehead atoms. The molecular formula is C32H34ClF2N5O. The zero-order chi connectivity index (χ0) is 28.1. The van der Waals surface area contributed by atoms with E-state index in [-0.39, 0.29) is 11.5 Å². The number of nitrogens with one attached hydrogen (secondary N) is 1. The maximum atomic E-state index is 16.0. The summed E-state index contributed by atoms with van der Waals surface area (Å²) in [6, 6.07) is 16.9. The third-order valence-electron chi connectivity index (χ3n) is 9.07. The van der Waals surface area contributed by atoms with Gasteiger partial charge in [0, 0.05) is 59.1 Å². The number of hydrogen-bond donors (Lipinski definition) is 1. The predicted octanol–water partition coefficient (Wildman–Crippen LogP) is 6.38. The van der Waals surface area contributed by atoms with Crippen LogP contribution in [0.25, 0.3) is 32.8 Å². The van der Waals surface area contributed by atoms with Crippen LogP contribution >= 0.6 is 11.6 Å². The quantitative estimate of drug-likeness (QED) is 0.305. The number of piperazine rings is 1. The van der Waals surface area contributed by atoms with Crippen LogP contribution in [0.4, 0.5) is 14.6 Å². The van der Waals surface area contributed by atoms with Crippen molar-refractivity contribution in [2.45, 2.75) is 56.4 Å². The van der Waals surface area contributed by atoms with E-state index < -0.39 is 12.0 Å². The molecule has 1 aromatic heterocycles. The molecule has 0 spiro atoms. The third-order valence-corrected chi connectivity index (χ3v) is 9.38. The lowest BCUT2D eigenvalue weighted by molar-refractivity contribution is 0.292. The molecule has 0 aliphatic carbocycles. The molecule has 4 aromatic rings. The number of nitrogens with zero attached hydrogens (tertiary/aromatic N) is 4. The average molecular weight is 578 g/mol. The van der Waals surface area contributed by atoms with Crippen LogP contribution < -0.4 is 15.0 Å². The van der Waals surface area contributed by atoms with Crippen molar-refractivity contribution >= 4 is 39.1 Å². The molecule has 0 saturated carbocycles. The minimum absolute atomic E-state index is 0.172. The summed E-state index contributed by atoms with van der Waals surface area (Å²) in [6.45, 7) is 3.54. The first-order valence-electron chi connectivity index (χ1n) is 14.6. The molecule has 5 heterocycles. The van der Waals surface area contributed by atoms with Crippen LogP contribution in [0.15, 0.2) is 48.5 Å². The van der Waals surface area contributed by atoms with Gasteiger partial charge in [0.25, 0.3) is 0 Å². The smallest absolute Gasteiger partial charge is 0.318 e. The number of hydrogen-bond acceptors (Lipinski definition) is 6. The molecule has 4 fully saturated rings. The van der Waals surface area contributed by atoms with E-state index in [1.807, 2.05) is 48.5 Å². The topological polar surface area (TPSA) is 53.5 Å². The fourth-order valence-corrected chi connectivity index (χ4v) is 7.47. The van der Waals surface area contributed by atoms with E-state index in [0.29, 0.717) is 40.6 Å². The Hall–Kier alpha value is -3.07. The van der Waals surface area contributed by atoms with Gasteiger partial charge in [-0.1, -0.05) is 48.0 Å². The molecule has 4 unspecified atom stereocenters. The monoisotopic (exact) mass is 577 g/mol. The highest BCUT2D eigenvalue weighted by Gasteiger charge is 2.35. The molecule has 0 radical (unpaired) electrons. The fourth-order valence-electron chi connectivity index (χ4n) is 7.18. The largest absolute Gasteiger partial charge is 0.467 e. The van der Waals surface area contributed by atoms with Crippen LogP contribution in [0, 0.1) is 5.82 Å². The molecule has 4 saturated heterocycles. The summed E-state index contributed by atoms with van der Waals surface area (Å²) in [5.41, 5.74) is 1.47. The van der Waals surface area contributed by atoms with E-state index in [4.69, 9.17) is 16.3 Å². The summed E-state index contributed by atoms with van der Waals surface area (Å²) in [4.78, 5) is 13.5. The lowest BCUT2D eigenvalue weighted by Gasteiger charge is -2.34. The first-order chi connectivity index (χ1) is 20.0. The minimum Gasteiger partial charge on any atom is -0.467 e. The first kappa shape index (κ1) is 26.8. The van der Waals surface area contributed by atoms with Gasteiger partial charge in [0.1, 0.15) is 17.5 Å². The number of anilines is 1. The van der Waals surface area contributed by atoms with Gasteiger partial charge in [-0.3, -0.25) is 4.90 Å². The molecule has 41 heavy (non-hydrogen) atoms. The van der Waals surface area contributed by atoms with Gasteiger partial charge in [0.05, 0.1) is 7.11 Å². The lowest BCUT2D eigenvalue weighted by Crippen LogP contribution is -2.51. The summed E-state index contributed by atoms with van der Waals surface area (Å²) in [5, 5.41) is 6.71. The number of halogens is 3. The lowest BCUT2D eigenvalue weighted by atomic mass is 9.96. The van der Waals surface area contributed by atoms with Crippen LogP contribution in [-0.2, 0) is 0 Å². The van der Waals surface area contributed by atoms with E-state index in [0.717, 1.165) is 61.1 Å². The summed E-state index contributed by atoms with van der Waals surface area (Å²) < 4.78 is 34.0. The Labute approximate surface area is 243 Å². The minimum atomic E-state index is -0.518. The average Bonchev–Trinajstić information content (AvgIpc) is 3.67. The summed E-state index contributed by atoms with van der Waals surface area (Å²) in [5.74, 6) is 0.335. The Morgan fingerprint density at radius 1 is 0.951 bits per heavy atom. The Morgan fingerprint density at radius 3 is 2.49 bits per heavy atom. The van der Waals surface area contributed by atoms with E-state index in [9.17, 15) is 4.39 Å². The number of ether oxygens (including phenoxy) is 1. The van der Waals surface area contributed by atoms with Crippen molar-refractivity contribution in [3.8, 4) is 17.1 Å². The molecule has 3 aromatic carbocycles. The highest BCUT2D eigenvalue weighted by molar-refractivity contribution is 6.36. The van der Waals surface area contributed by atoms with E-state index in [2.05, 4.69) is 25.1 Å². The maximum Gasteiger partial charge on any atom is 0.318 e. The maximum absolute atomic E-state index is 16.0. The van der Waals surface area contributed by atoms with Crippen molar-refractivity contribution in [1.82, 2.24) is 20.2 Å². The Balaban J connectivity index is 0.000000260. The molecule has 4 atom stereocenters. The Kier molecular flexibility index (Phi) is 7.17. The number of fused-ring (bicyclic) bond motifs is 5. The summed E-state index contributed by atoms with van der Waals surface area (Å²) >= 11 is 6.51. The number of methoxy groups -OCH3 is 1. The molecule has 214 valence electrons. The molecule has 9 heteroatoms. The second kappa shape index (κ2) is 11.0. The molecule has 8 rings (SSSR count). The summed E-state index contributed by atoms with van der Waals surface area (Å²) in [7, 11) is 1.51. The molecule has 6 nitrogen and oxygen atoms in total. The van der Waals surface area contributed by atoms with Crippen molar-refractivity contribution in [3.05, 3.63) is 59.4 Å². The number of aromatic nitrogens is 2. The van der Waals surface area contributed by atoms with E-state index >= 15 is 4.39 Å². The van der Waals surface area contributed by atoms with Crippen LogP contribution in [0.5, 0.6) is 6.01 Å². The summed E-state index contributed by atoms with van der Waals surface area (Å²) in [6.07, 6.45) is 5.12. The highest BCUT2D eigenvalue weighted by Crippen LogP contribution is 2.39. The van der Waals surface area contributed by atoms with Crippen LogP contribution in [0.2, 0.25) is 5.02 Å². The predicted molar refractivity (Wildman–Crippen MR) is 160 cm³/mol. The SMILES string of the molecule is COc1nc(N2CC3CCC(C2)N3)c2ccc(-c3cccc4cccc(Cl)c34)c(F)c2n1.FC1CC2CCCN2C1. The molecule has 4 aliphatic heterocycles. The number of benzene rings is 3. The number of rotatable bonds is 3. The standard InChI is InChI=1S/C25H22ClFN4O.C7H12FN/c1-32-25-29-23-19(24(30-25)31-12-15-8-9-16(13-31)28-15)11-10-18(22(23)27)17-6-2-4-14-5-3-7-20(26)21(14)17;8-6-4-7-2-1-3-9(7)5-6/h2-7,10-11,15-16,28H,8-9,12-13H2,1H3;6-7H,1-5H2. The van der Waals surface area contributed by atoms with Gasteiger partial charge in [0.15, 0.2) is 5.82 Å². The van der Waals surface area contributed by atoms with Crippen molar-refractivity contribution in [3.63, 3.8) is 0 Å². The first-order valence-corrected chi connectivity index (χ1v) is 15.0. The molecule has 1 N–H and O–H groups in total. The van der Waals surface area contributed by atoms with Crippen molar-refractivity contribution in [2.75, 3.05) is 38.2 Å². The van der Waals surface area contributed by atoms with Crippen molar-refractivity contribution < 1.29 is 13.5 Å². The zero-order valence-corrected chi connectivity index (χ0v) is 23.9. The highest BCUT2D eigenvalue weighted by atomic mass is 35.5. The number of alkyl halides is 1. The molecule has 4 aliphatic rings. The van der Waals surface area contributed by atoms with Crippen molar-refractivity contribution in [1.29, 1.82) is 0 Å². The second-order valence-corrected chi connectivity index (χ2v) is 12.1. The van der Waals surface area contributed by atoms with Gasteiger partial charge < -0.3 is 15.0 Å². The van der Waals surface area contributed by atoms with E-state index in [1.54, 1.807) is 0 Å². The Bertz CT molecular complexity index is 1570. The fraction of sp³-hybridized carbons (Fsp3) is 0.438. The van der Waals surface area contributed by atoms with Crippen LogP contribution in [0.3, 0.4) is 0 Å². The second-order valence-electron chi connectivity index (χ2n) is 11.7. The van der Waals surface area contributed by atoms with Gasteiger partial charge in [-0.25, -0.2) is 8.78 Å². The van der Waals surface area contributed by atoms with Gasteiger partial charge in [-0.05, 0) is 61.7 Å². The van der Waals surface area contributed by atoms with Gasteiger partial charge >= 0.3 is 6.01 Å². The zero-order valence-electron chi connectivity index (χ0n) is 23.1. The van der Waals surface area contributed by atoms with Crippen LogP contribution in [-0.4, -0.2) is 72.5 Å². The van der Waals surface area contributed by atoms with Gasteiger partial charge in [-0.2, -0.15) is 9.97 Å². The molecular weight excluding hydrogens is 544 g/mol. The van der Waals surface area contributed by atoms with Crippen molar-refractivity contribution in [2.24, 2.45) is 0 Å². The Morgan fingerprint density at radius 2 is 1.73 bits per heavy atom. The van der Waals surface area contributed by atoms with Gasteiger partial charge in [-0.15, -0.1) is 0 Å². The molecule has 0 amide bonds. The van der Waals surface area contributed by atoms with Crippen LogP contribution in [0.1, 0.15) is 32.1 Å². The third kappa shape index (κ3) is 5.00. The van der Waals surface area contributed by atoms with Gasteiger partial charge in [0.2, 0.25) is 0 Å². The normalized spacial score (nSPS) is 25.4. The van der Waals surface area contributed by atoms with E-state index in [1.165, 1.54) is 20.0 Å².